The molecule has 0 radical (unpaired) electrons. The van der Waals surface area contributed by atoms with Crippen LogP contribution in [0.15, 0.2) is 58.2 Å². The molecule has 0 bridgehead atoms. The average Bonchev–Trinajstić information content (AvgIpc) is 3.34. The second-order valence-electron chi connectivity index (χ2n) is 8.37. The number of amides is 1. The van der Waals surface area contributed by atoms with Gasteiger partial charge >= 0.3 is 5.97 Å². The molecule has 1 aliphatic rings. The molecule has 1 saturated heterocycles. The van der Waals surface area contributed by atoms with Crippen molar-refractivity contribution in [3.05, 3.63) is 58.8 Å². The molecule has 0 N–H and O–H groups in total. The number of thioether (sulfide) groups is 1. The van der Waals surface area contributed by atoms with Gasteiger partial charge in [0.25, 0.3) is 0 Å². The predicted octanol–water partition coefficient (Wildman–Crippen LogP) is 4.51. The molecule has 1 aromatic heterocycles. The monoisotopic (exact) mass is 588 g/mol. The standard InChI is InChI=1S/C26H29BrN4O5S/c1-3-35-21-10-6-20(7-11-21)31-23(16-36-22-8-4-19(27)5-9-22)28-29-26(31)37-17-24(32)30-14-12-18(13-15-30)25(33)34-2/h4-11,18H,3,12-17H2,1-2H3. The zero-order valence-corrected chi connectivity index (χ0v) is 23.2. The summed E-state index contributed by atoms with van der Waals surface area (Å²) in [6, 6.07) is 15.2. The number of rotatable bonds is 10. The minimum absolute atomic E-state index is 0.00206. The van der Waals surface area contributed by atoms with Crippen LogP contribution in [-0.2, 0) is 20.9 Å². The summed E-state index contributed by atoms with van der Waals surface area (Å²) in [4.78, 5) is 26.5. The van der Waals surface area contributed by atoms with Crippen LogP contribution in [0, 0.1) is 5.92 Å². The number of hydrogen-bond acceptors (Lipinski definition) is 8. The maximum atomic E-state index is 12.9. The Hall–Kier alpha value is -3.05. The molecule has 196 valence electrons. The van der Waals surface area contributed by atoms with Gasteiger partial charge in [-0.2, -0.15) is 0 Å². The quantitative estimate of drug-likeness (QED) is 0.252. The number of nitrogens with zero attached hydrogens (tertiary/aromatic N) is 4. The molecule has 0 unspecified atom stereocenters. The van der Waals surface area contributed by atoms with Crippen LogP contribution < -0.4 is 9.47 Å². The lowest BCUT2D eigenvalue weighted by atomic mass is 9.97. The average molecular weight is 590 g/mol. The predicted molar refractivity (Wildman–Crippen MR) is 143 cm³/mol. The van der Waals surface area contributed by atoms with E-state index < -0.39 is 0 Å². The first-order valence-corrected chi connectivity index (χ1v) is 13.8. The third-order valence-corrected chi connectivity index (χ3v) is 7.44. The topological polar surface area (TPSA) is 95.8 Å². The molecule has 1 fully saturated rings. The molecule has 9 nitrogen and oxygen atoms in total. The summed E-state index contributed by atoms with van der Waals surface area (Å²) in [5, 5.41) is 9.32. The lowest BCUT2D eigenvalue weighted by molar-refractivity contribution is -0.148. The lowest BCUT2D eigenvalue weighted by Gasteiger charge is -2.30. The van der Waals surface area contributed by atoms with E-state index in [9.17, 15) is 9.59 Å². The van der Waals surface area contributed by atoms with Crippen LogP contribution in [-0.4, -0.2) is 64.1 Å². The van der Waals surface area contributed by atoms with Crippen molar-refractivity contribution in [3.63, 3.8) is 0 Å². The van der Waals surface area contributed by atoms with E-state index in [1.807, 2.05) is 60.0 Å². The Kier molecular flexibility index (Phi) is 9.45. The maximum absolute atomic E-state index is 12.9. The van der Waals surface area contributed by atoms with Crippen molar-refractivity contribution in [1.29, 1.82) is 0 Å². The van der Waals surface area contributed by atoms with Gasteiger partial charge in [-0.05, 0) is 68.3 Å². The Morgan fingerprint density at radius 1 is 1.00 bits per heavy atom. The van der Waals surface area contributed by atoms with Crippen molar-refractivity contribution >= 4 is 39.6 Å². The van der Waals surface area contributed by atoms with Crippen LogP contribution in [0.25, 0.3) is 5.69 Å². The van der Waals surface area contributed by atoms with Crippen molar-refractivity contribution in [2.24, 2.45) is 5.92 Å². The Bertz CT molecular complexity index is 1190. The first kappa shape index (κ1) is 27.0. The summed E-state index contributed by atoms with van der Waals surface area (Å²) < 4.78 is 19.2. The number of benzene rings is 2. The molecule has 11 heteroatoms. The lowest BCUT2D eigenvalue weighted by Crippen LogP contribution is -2.41. The van der Waals surface area contributed by atoms with Crippen molar-refractivity contribution in [3.8, 4) is 17.2 Å². The zero-order chi connectivity index (χ0) is 26.2. The van der Waals surface area contributed by atoms with Crippen molar-refractivity contribution in [2.45, 2.75) is 31.5 Å². The summed E-state index contributed by atoms with van der Waals surface area (Å²) in [5.41, 5.74) is 0.844. The van der Waals surface area contributed by atoms with Gasteiger partial charge in [0.15, 0.2) is 11.0 Å². The van der Waals surface area contributed by atoms with E-state index in [-0.39, 0.29) is 30.2 Å². The van der Waals surface area contributed by atoms with Gasteiger partial charge in [0.05, 0.1) is 25.4 Å². The summed E-state index contributed by atoms with van der Waals surface area (Å²) in [6.07, 6.45) is 1.23. The number of methoxy groups -OCH3 is 1. The van der Waals surface area contributed by atoms with Gasteiger partial charge < -0.3 is 19.1 Å². The van der Waals surface area contributed by atoms with E-state index in [1.165, 1.54) is 18.9 Å². The first-order valence-electron chi connectivity index (χ1n) is 12.0. The molecule has 1 aliphatic heterocycles. The molecule has 0 spiro atoms. The van der Waals surface area contributed by atoms with Gasteiger partial charge in [-0.25, -0.2) is 0 Å². The first-order chi connectivity index (χ1) is 18.0. The van der Waals surface area contributed by atoms with E-state index in [2.05, 4.69) is 26.1 Å². The van der Waals surface area contributed by atoms with E-state index in [1.54, 1.807) is 4.90 Å². The molecule has 37 heavy (non-hydrogen) atoms. The minimum Gasteiger partial charge on any atom is -0.494 e. The molecule has 2 aromatic carbocycles. The van der Waals surface area contributed by atoms with Gasteiger partial charge in [0, 0.05) is 23.2 Å². The fourth-order valence-corrected chi connectivity index (χ4v) is 5.17. The van der Waals surface area contributed by atoms with Gasteiger partial charge in [-0.15, -0.1) is 10.2 Å². The molecule has 0 saturated carbocycles. The molecule has 4 rings (SSSR count). The largest absolute Gasteiger partial charge is 0.494 e. The van der Waals surface area contributed by atoms with Gasteiger partial charge in [0.1, 0.15) is 18.1 Å². The number of ether oxygens (including phenoxy) is 3. The van der Waals surface area contributed by atoms with E-state index >= 15 is 0 Å². The molecular weight excluding hydrogens is 560 g/mol. The zero-order valence-electron chi connectivity index (χ0n) is 20.8. The fraction of sp³-hybridized carbons (Fsp3) is 0.385. The highest BCUT2D eigenvalue weighted by Gasteiger charge is 2.28. The summed E-state index contributed by atoms with van der Waals surface area (Å²) in [6.45, 7) is 3.80. The molecule has 1 amide bonds. The third kappa shape index (κ3) is 7.04. The normalized spacial score (nSPS) is 13.9. The smallest absolute Gasteiger partial charge is 0.308 e. The van der Waals surface area contributed by atoms with Gasteiger partial charge in [-0.3, -0.25) is 14.2 Å². The molecular formula is C26H29BrN4O5S. The van der Waals surface area contributed by atoms with Crippen LogP contribution >= 0.6 is 27.7 Å². The Morgan fingerprint density at radius 2 is 1.65 bits per heavy atom. The van der Waals surface area contributed by atoms with Crippen LogP contribution in [0.5, 0.6) is 11.5 Å². The summed E-state index contributed by atoms with van der Waals surface area (Å²) >= 11 is 4.76. The summed E-state index contributed by atoms with van der Waals surface area (Å²) in [7, 11) is 1.40. The highest BCUT2D eigenvalue weighted by Crippen LogP contribution is 2.26. The van der Waals surface area contributed by atoms with Gasteiger partial charge in [0.2, 0.25) is 5.91 Å². The van der Waals surface area contributed by atoms with Gasteiger partial charge in [-0.1, -0.05) is 27.7 Å². The summed E-state index contributed by atoms with van der Waals surface area (Å²) in [5.74, 6) is 1.96. The highest BCUT2D eigenvalue weighted by molar-refractivity contribution is 9.10. The second kappa shape index (κ2) is 13.0. The number of aromatic nitrogens is 3. The van der Waals surface area contributed by atoms with Crippen LogP contribution in [0.1, 0.15) is 25.6 Å². The Balaban J connectivity index is 1.47. The number of esters is 1. The van der Waals surface area contributed by atoms with Crippen molar-refractivity contribution in [2.75, 3.05) is 32.6 Å². The number of piperidine rings is 1. The molecule has 2 heterocycles. The number of likely N-dealkylation sites (tertiary alicyclic amines) is 1. The van der Waals surface area contributed by atoms with Crippen molar-refractivity contribution in [1.82, 2.24) is 19.7 Å². The highest BCUT2D eigenvalue weighted by atomic mass is 79.9. The van der Waals surface area contributed by atoms with E-state index in [0.29, 0.717) is 49.3 Å². The number of carbonyl (C=O) groups is 2. The Labute approximate surface area is 228 Å². The third-order valence-electron chi connectivity index (χ3n) is 5.99. The van der Waals surface area contributed by atoms with Crippen LogP contribution in [0.2, 0.25) is 0 Å². The fourth-order valence-electron chi connectivity index (χ4n) is 4.03. The SMILES string of the molecule is CCOc1ccc(-n2c(COc3ccc(Br)cc3)nnc2SCC(=O)N2CCC(C(=O)OC)CC2)cc1. The number of hydrogen-bond donors (Lipinski definition) is 0. The van der Waals surface area contributed by atoms with Crippen LogP contribution in [0.3, 0.4) is 0 Å². The second-order valence-corrected chi connectivity index (χ2v) is 10.2. The van der Waals surface area contributed by atoms with E-state index in [0.717, 1.165) is 15.9 Å². The number of halogens is 1. The minimum atomic E-state index is -0.206. The van der Waals surface area contributed by atoms with E-state index in [4.69, 9.17) is 14.2 Å². The molecule has 0 aliphatic carbocycles. The molecule has 3 aromatic rings. The number of carbonyl (C=O) groups excluding carboxylic acids is 2. The van der Waals surface area contributed by atoms with Crippen LogP contribution in [0.4, 0.5) is 0 Å². The molecule has 0 atom stereocenters. The van der Waals surface area contributed by atoms with Crippen molar-refractivity contribution < 1.29 is 23.8 Å². The Morgan fingerprint density at radius 3 is 2.30 bits per heavy atom. The maximum Gasteiger partial charge on any atom is 0.308 e.